The summed E-state index contributed by atoms with van der Waals surface area (Å²) in [5.74, 6) is 1.50. The molecule has 0 N–H and O–H groups in total. The average molecular weight is 291 g/mol. The van der Waals surface area contributed by atoms with Gasteiger partial charge in [-0.15, -0.1) is 0 Å². The molecule has 0 aliphatic heterocycles. The van der Waals surface area contributed by atoms with E-state index in [4.69, 9.17) is 15.2 Å². The summed E-state index contributed by atoms with van der Waals surface area (Å²) >= 11 is 0. The predicted octanol–water partition coefficient (Wildman–Crippen LogP) is 1.11. The van der Waals surface area contributed by atoms with E-state index in [9.17, 15) is 8.42 Å². The number of hydrogen-bond donors (Lipinski definition) is 0. The lowest BCUT2D eigenvalue weighted by Gasteiger charge is -1.98. The van der Waals surface area contributed by atoms with Crippen LogP contribution in [0.15, 0.2) is 15.7 Å². The molecule has 0 aromatic carbocycles. The van der Waals surface area contributed by atoms with E-state index in [1.54, 1.807) is 11.5 Å². The third-order valence-corrected chi connectivity index (χ3v) is 3.51. The van der Waals surface area contributed by atoms with E-state index in [2.05, 4.69) is 15.1 Å². The molecular formula is C9H11ClN4O3S. The first-order valence-electron chi connectivity index (χ1n) is 5.20. The molecule has 0 spiro atoms. The van der Waals surface area contributed by atoms with Crippen LogP contribution in [-0.2, 0) is 22.0 Å². The Kier molecular flexibility index (Phi) is 3.40. The lowest BCUT2D eigenvalue weighted by molar-refractivity contribution is 0.365. The summed E-state index contributed by atoms with van der Waals surface area (Å²) in [7, 11) is 1.40. The first-order valence-corrected chi connectivity index (χ1v) is 7.51. The molecule has 0 radical (unpaired) electrons. The van der Waals surface area contributed by atoms with Crippen molar-refractivity contribution in [3.63, 3.8) is 0 Å². The van der Waals surface area contributed by atoms with Gasteiger partial charge >= 0.3 is 0 Å². The van der Waals surface area contributed by atoms with Crippen molar-refractivity contribution < 1.29 is 12.9 Å². The van der Waals surface area contributed by atoms with Crippen LogP contribution in [-0.4, -0.2) is 28.1 Å². The Morgan fingerprint density at radius 1 is 1.44 bits per heavy atom. The Morgan fingerprint density at radius 3 is 2.67 bits per heavy atom. The molecule has 7 nitrogen and oxygen atoms in total. The molecule has 0 bridgehead atoms. The van der Waals surface area contributed by atoms with Gasteiger partial charge in [-0.3, -0.25) is 0 Å². The van der Waals surface area contributed by atoms with Crippen LogP contribution in [0, 0.1) is 6.92 Å². The molecule has 0 amide bonds. The molecule has 2 aromatic rings. The van der Waals surface area contributed by atoms with Crippen molar-refractivity contribution in [3.05, 3.63) is 23.7 Å². The zero-order chi connectivity index (χ0) is 13.3. The highest BCUT2D eigenvalue weighted by molar-refractivity contribution is 8.13. The van der Waals surface area contributed by atoms with Crippen LogP contribution in [0.1, 0.15) is 24.5 Å². The Morgan fingerprint density at radius 2 is 2.17 bits per heavy atom. The standard InChI is InChI=1S/C9H11ClN4O3S/c1-3-7-12-8(17-13-7)4-14-5-9(11-6(14)2)18(10,15)16/h5H,3-4H2,1-2H3. The number of hydrogen-bond acceptors (Lipinski definition) is 6. The van der Waals surface area contributed by atoms with Crippen molar-refractivity contribution in [2.45, 2.75) is 31.8 Å². The summed E-state index contributed by atoms with van der Waals surface area (Å²) in [6.45, 7) is 3.84. The lowest BCUT2D eigenvalue weighted by atomic mass is 10.5. The molecule has 18 heavy (non-hydrogen) atoms. The van der Waals surface area contributed by atoms with Gasteiger partial charge in [0.15, 0.2) is 10.9 Å². The van der Waals surface area contributed by atoms with E-state index in [-0.39, 0.29) is 11.6 Å². The number of nitrogens with zero attached hydrogens (tertiary/aromatic N) is 4. The number of imidazole rings is 1. The smallest absolute Gasteiger partial charge is 0.280 e. The molecule has 0 aliphatic rings. The highest BCUT2D eigenvalue weighted by Gasteiger charge is 2.17. The fourth-order valence-corrected chi connectivity index (χ4v) is 2.12. The molecule has 2 aromatic heterocycles. The molecular weight excluding hydrogens is 280 g/mol. The van der Waals surface area contributed by atoms with E-state index in [0.29, 0.717) is 24.0 Å². The summed E-state index contributed by atoms with van der Waals surface area (Å²) in [6.07, 6.45) is 2.02. The average Bonchev–Trinajstić information content (AvgIpc) is 2.86. The quantitative estimate of drug-likeness (QED) is 0.784. The molecule has 2 heterocycles. The minimum Gasteiger partial charge on any atom is -0.337 e. The summed E-state index contributed by atoms with van der Waals surface area (Å²) in [5, 5.41) is 3.57. The van der Waals surface area contributed by atoms with Gasteiger partial charge in [-0.2, -0.15) is 4.98 Å². The summed E-state index contributed by atoms with van der Waals surface area (Å²) in [5.41, 5.74) is 0. The highest BCUT2D eigenvalue weighted by atomic mass is 35.7. The van der Waals surface area contributed by atoms with Crippen molar-refractivity contribution in [1.82, 2.24) is 19.7 Å². The van der Waals surface area contributed by atoms with Crippen LogP contribution >= 0.6 is 10.7 Å². The number of halogens is 1. The number of aryl methyl sites for hydroxylation is 2. The third kappa shape index (κ3) is 2.70. The molecule has 0 fully saturated rings. The second-order valence-corrected chi connectivity index (χ2v) is 6.16. The lowest BCUT2D eigenvalue weighted by Crippen LogP contribution is -2.01. The number of aromatic nitrogens is 4. The normalized spacial score (nSPS) is 11.9. The molecule has 0 saturated carbocycles. The molecule has 0 saturated heterocycles. The zero-order valence-corrected chi connectivity index (χ0v) is 11.4. The fraction of sp³-hybridized carbons (Fsp3) is 0.444. The van der Waals surface area contributed by atoms with Gasteiger partial charge in [-0.25, -0.2) is 13.4 Å². The maximum atomic E-state index is 11.1. The van der Waals surface area contributed by atoms with Crippen molar-refractivity contribution >= 4 is 19.7 Å². The van der Waals surface area contributed by atoms with E-state index in [0.717, 1.165) is 0 Å². The molecule has 9 heteroatoms. The first kappa shape index (κ1) is 13.0. The molecule has 0 aliphatic carbocycles. The predicted molar refractivity (Wildman–Crippen MR) is 62.8 cm³/mol. The van der Waals surface area contributed by atoms with Crippen molar-refractivity contribution in [2.75, 3.05) is 0 Å². The summed E-state index contributed by atoms with van der Waals surface area (Å²) in [6, 6.07) is 0. The van der Waals surface area contributed by atoms with Crippen LogP contribution in [0.4, 0.5) is 0 Å². The topological polar surface area (TPSA) is 90.9 Å². The van der Waals surface area contributed by atoms with E-state index >= 15 is 0 Å². The van der Waals surface area contributed by atoms with Gasteiger partial charge in [0.1, 0.15) is 12.4 Å². The largest absolute Gasteiger partial charge is 0.337 e. The molecule has 0 unspecified atom stereocenters. The second-order valence-electron chi connectivity index (χ2n) is 3.65. The zero-order valence-electron chi connectivity index (χ0n) is 9.79. The molecule has 0 atom stereocenters. The van der Waals surface area contributed by atoms with E-state index in [1.807, 2.05) is 6.92 Å². The Hall–Kier alpha value is -1.41. The van der Waals surface area contributed by atoms with E-state index in [1.165, 1.54) is 6.20 Å². The maximum Gasteiger partial charge on any atom is 0.280 e. The second kappa shape index (κ2) is 4.69. The molecule has 98 valence electrons. The fourth-order valence-electron chi connectivity index (χ4n) is 1.40. The van der Waals surface area contributed by atoms with Crippen LogP contribution in [0.2, 0.25) is 0 Å². The summed E-state index contributed by atoms with van der Waals surface area (Å²) in [4.78, 5) is 7.99. The van der Waals surface area contributed by atoms with Crippen LogP contribution in [0.3, 0.4) is 0 Å². The Labute approximate surface area is 108 Å². The van der Waals surface area contributed by atoms with E-state index < -0.39 is 9.05 Å². The van der Waals surface area contributed by atoms with Crippen molar-refractivity contribution in [3.8, 4) is 0 Å². The van der Waals surface area contributed by atoms with Crippen molar-refractivity contribution in [1.29, 1.82) is 0 Å². The maximum absolute atomic E-state index is 11.1. The van der Waals surface area contributed by atoms with Gasteiger partial charge in [-0.05, 0) is 6.92 Å². The van der Waals surface area contributed by atoms with Gasteiger partial charge in [0.2, 0.25) is 5.89 Å². The molecule has 2 rings (SSSR count). The van der Waals surface area contributed by atoms with Crippen LogP contribution in [0.25, 0.3) is 0 Å². The Bertz CT molecular complexity index is 661. The third-order valence-electron chi connectivity index (χ3n) is 2.34. The van der Waals surface area contributed by atoms with Gasteiger partial charge in [0.25, 0.3) is 9.05 Å². The van der Waals surface area contributed by atoms with Gasteiger partial charge < -0.3 is 9.09 Å². The number of rotatable bonds is 4. The summed E-state index contributed by atoms with van der Waals surface area (Å²) < 4.78 is 28.9. The van der Waals surface area contributed by atoms with Crippen LogP contribution < -0.4 is 0 Å². The SMILES string of the molecule is CCc1noc(Cn2cc(S(=O)(=O)Cl)nc2C)n1. The first-order chi connectivity index (χ1) is 8.40. The van der Waals surface area contributed by atoms with Crippen molar-refractivity contribution in [2.24, 2.45) is 0 Å². The van der Waals surface area contributed by atoms with Gasteiger partial charge in [0.05, 0.1) is 0 Å². The van der Waals surface area contributed by atoms with Gasteiger partial charge in [-0.1, -0.05) is 12.1 Å². The van der Waals surface area contributed by atoms with Crippen LogP contribution in [0.5, 0.6) is 0 Å². The minimum atomic E-state index is -3.82. The minimum absolute atomic E-state index is 0.183. The highest BCUT2D eigenvalue weighted by Crippen LogP contribution is 2.15. The monoisotopic (exact) mass is 290 g/mol. The van der Waals surface area contributed by atoms with Gasteiger partial charge in [0, 0.05) is 23.3 Å². The Balaban J connectivity index is 2.27.